The molecule has 1 saturated heterocycles. The molecule has 1 aromatic carbocycles. The molecule has 2 heterocycles. The van der Waals surface area contributed by atoms with E-state index in [1.54, 1.807) is 0 Å². The van der Waals surface area contributed by atoms with E-state index in [4.69, 9.17) is 4.98 Å². The summed E-state index contributed by atoms with van der Waals surface area (Å²) in [6.45, 7) is 7.94. The molecule has 0 N–H and O–H groups in total. The highest BCUT2D eigenvalue weighted by atomic mass is 16.2. The molecule has 1 unspecified atom stereocenters. The number of nitrogens with zero attached hydrogens (tertiary/aromatic N) is 3. The molecular formula is C22H29N3O. The highest BCUT2D eigenvalue weighted by Crippen LogP contribution is 2.28. The smallest absolute Gasteiger partial charge is 0.225 e. The monoisotopic (exact) mass is 351 g/mol. The first-order valence-corrected chi connectivity index (χ1v) is 9.81. The van der Waals surface area contributed by atoms with Crippen molar-refractivity contribution in [2.45, 2.75) is 52.4 Å². The maximum atomic E-state index is 12.8. The van der Waals surface area contributed by atoms with E-state index in [0.29, 0.717) is 11.8 Å². The van der Waals surface area contributed by atoms with Crippen molar-refractivity contribution >= 4 is 5.91 Å². The van der Waals surface area contributed by atoms with Gasteiger partial charge in [0.25, 0.3) is 0 Å². The van der Waals surface area contributed by atoms with Gasteiger partial charge in [-0.25, -0.2) is 9.97 Å². The van der Waals surface area contributed by atoms with Crippen LogP contribution in [-0.2, 0) is 4.79 Å². The second-order valence-electron chi connectivity index (χ2n) is 7.31. The van der Waals surface area contributed by atoms with Crippen LogP contribution in [0.2, 0.25) is 0 Å². The second-order valence-corrected chi connectivity index (χ2v) is 7.31. The van der Waals surface area contributed by atoms with Crippen LogP contribution in [0.25, 0.3) is 11.4 Å². The number of amides is 1. The lowest BCUT2D eigenvalue weighted by Crippen LogP contribution is -2.42. The Morgan fingerprint density at radius 3 is 2.62 bits per heavy atom. The zero-order valence-electron chi connectivity index (χ0n) is 16.1. The lowest BCUT2D eigenvalue weighted by molar-refractivity contribution is -0.137. The lowest BCUT2D eigenvalue weighted by Gasteiger charge is -2.34. The minimum Gasteiger partial charge on any atom is -0.342 e. The molecule has 4 heteroatoms. The molecule has 0 saturated carbocycles. The van der Waals surface area contributed by atoms with Crippen molar-refractivity contribution in [3.05, 3.63) is 47.8 Å². The van der Waals surface area contributed by atoms with E-state index in [9.17, 15) is 4.79 Å². The van der Waals surface area contributed by atoms with Crippen molar-refractivity contribution in [3.8, 4) is 11.4 Å². The molecule has 26 heavy (non-hydrogen) atoms. The highest BCUT2D eigenvalue weighted by Gasteiger charge is 2.28. The number of piperidine rings is 1. The fourth-order valence-corrected chi connectivity index (χ4v) is 3.76. The third kappa shape index (κ3) is 4.12. The Kier molecular flexibility index (Phi) is 6.02. The van der Waals surface area contributed by atoms with Gasteiger partial charge in [-0.15, -0.1) is 0 Å². The quantitative estimate of drug-likeness (QED) is 0.791. The summed E-state index contributed by atoms with van der Waals surface area (Å²) in [7, 11) is 0. The number of hydrogen-bond donors (Lipinski definition) is 0. The van der Waals surface area contributed by atoms with Crippen LogP contribution in [-0.4, -0.2) is 33.9 Å². The Labute approximate surface area is 156 Å². The normalized spacial score (nSPS) is 17.5. The number of likely N-dealkylation sites (tertiary alicyclic amines) is 1. The first-order chi connectivity index (χ1) is 12.6. The summed E-state index contributed by atoms with van der Waals surface area (Å²) in [5.74, 6) is 1.54. The zero-order valence-corrected chi connectivity index (χ0v) is 16.1. The summed E-state index contributed by atoms with van der Waals surface area (Å²) >= 11 is 0. The van der Waals surface area contributed by atoms with E-state index < -0.39 is 0 Å². The Morgan fingerprint density at radius 2 is 1.92 bits per heavy atom. The van der Waals surface area contributed by atoms with Gasteiger partial charge in [0.15, 0.2) is 5.82 Å². The number of aromatic nitrogens is 2. The van der Waals surface area contributed by atoms with Gasteiger partial charge in [0.05, 0.1) is 0 Å². The van der Waals surface area contributed by atoms with E-state index in [0.717, 1.165) is 55.9 Å². The van der Waals surface area contributed by atoms with Gasteiger partial charge in [-0.1, -0.05) is 43.7 Å². The van der Waals surface area contributed by atoms with Crippen molar-refractivity contribution in [3.63, 3.8) is 0 Å². The van der Waals surface area contributed by atoms with E-state index in [1.807, 2.05) is 12.3 Å². The van der Waals surface area contributed by atoms with E-state index in [1.165, 1.54) is 5.56 Å². The summed E-state index contributed by atoms with van der Waals surface area (Å²) in [4.78, 5) is 24.1. The van der Waals surface area contributed by atoms with Crippen molar-refractivity contribution < 1.29 is 4.79 Å². The number of aryl methyl sites for hydroxylation is 1. The first kappa shape index (κ1) is 18.6. The minimum atomic E-state index is 0.155. The highest BCUT2D eigenvalue weighted by molar-refractivity contribution is 5.79. The van der Waals surface area contributed by atoms with E-state index in [-0.39, 0.29) is 5.92 Å². The van der Waals surface area contributed by atoms with Crippen LogP contribution in [0, 0.1) is 12.8 Å². The Hall–Kier alpha value is -2.23. The third-order valence-electron chi connectivity index (χ3n) is 5.47. The molecule has 1 amide bonds. The zero-order chi connectivity index (χ0) is 18.5. The molecule has 1 aromatic heterocycles. The van der Waals surface area contributed by atoms with Gasteiger partial charge in [-0.3, -0.25) is 4.79 Å². The van der Waals surface area contributed by atoms with Gasteiger partial charge >= 0.3 is 0 Å². The molecule has 0 spiro atoms. The summed E-state index contributed by atoms with van der Waals surface area (Å²) in [6, 6.07) is 10.3. The van der Waals surface area contributed by atoms with Crippen LogP contribution in [0.1, 0.15) is 56.7 Å². The van der Waals surface area contributed by atoms with Crippen molar-refractivity contribution in [1.82, 2.24) is 14.9 Å². The molecule has 1 aliphatic heterocycles. The van der Waals surface area contributed by atoms with Gasteiger partial charge in [-0.2, -0.15) is 0 Å². The molecule has 1 fully saturated rings. The number of carbonyl (C=O) groups excluding carboxylic acids is 1. The minimum absolute atomic E-state index is 0.155. The molecular weight excluding hydrogens is 322 g/mol. The topological polar surface area (TPSA) is 46.1 Å². The summed E-state index contributed by atoms with van der Waals surface area (Å²) in [6.07, 6.45) is 5.81. The van der Waals surface area contributed by atoms with Crippen LogP contribution >= 0.6 is 0 Å². The molecule has 2 aromatic rings. The van der Waals surface area contributed by atoms with Gasteiger partial charge in [0.1, 0.15) is 0 Å². The maximum Gasteiger partial charge on any atom is 0.225 e. The summed E-state index contributed by atoms with van der Waals surface area (Å²) in [5, 5.41) is 0. The molecule has 0 aliphatic carbocycles. The number of carbonyl (C=O) groups is 1. The average Bonchev–Trinajstić information content (AvgIpc) is 2.69. The number of benzene rings is 1. The fourth-order valence-electron chi connectivity index (χ4n) is 3.76. The van der Waals surface area contributed by atoms with Crippen molar-refractivity contribution in [1.29, 1.82) is 0 Å². The lowest BCUT2D eigenvalue weighted by atomic mass is 9.92. The largest absolute Gasteiger partial charge is 0.342 e. The Morgan fingerprint density at radius 1 is 1.19 bits per heavy atom. The number of rotatable bonds is 5. The second kappa shape index (κ2) is 8.43. The Bertz CT molecular complexity index is 737. The number of hydrogen-bond acceptors (Lipinski definition) is 3. The van der Waals surface area contributed by atoms with Crippen LogP contribution in [0.4, 0.5) is 0 Å². The molecule has 1 atom stereocenters. The molecule has 0 bridgehead atoms. The van der Waals surface area contributed by atoms with Gasteiger partial charge in [0, 0.05) is 42.4 Å². The standard InChI is InChI=1S/C22H29N3O/c1-4-17(5-2)22(26)25-14-6-7-19(15-25)20-12-13-23-21(24-20)18-10-8-16(3)9-11-18/h8-13,17,19H,4-7,14-15H2,1-3H3. The predicted octanol–water partition coefficient (Wildman–Crippen LogP) is 4.59. The fraction of sp³-hybridized carbons (Fsp3) is 0.500. The van der Waals surface area contributed by atoms with Crippen molar-refractivity contribution in [2.24, 2.45) is 5.92 Å². The van der Waals surface area contributed by atoms with E-state index in [2.05, 4.69) is 54.9 Å². The van der Waals surface area contributed by atoms with Crippen LogP contribution in [0.3, 0.4) is 0 Å². The summed E-state index contributed by atoms with van der Waals surface area (Å²) in [5.41, 5.74) is 3.32. The molecule has 0 radical (unpaired) electrons. The average molecular weight is 351 g/mol. The first-order valence-electron chi connectivity index (χ1n) is 9.81. The Balaban J connectivity index is 1.77. The van der Waals surface area contributed by atoms with Crippen LogP contribution < -0.4 is 0 Å². The van der Waals surface area contributed by atoms with Gasteiger partial charge in [0.2, 0.25) is 5.91 Å². The van der Waals surface area contributed by atoms with Crippen LogP contribution in [0.15, 0.2) is 36.5 Å². The van der Waals surface area contributed by atoms with Crippen molar-refractivity contribution in [2.75, 3.05) is 13.1 Å². The maximum absolute atomic E-state index is 12.8. The van der Waals surface area contributed by atoms with E-state index >= 15 is 0 Å². The summed E-state index contributed by atoms with van der Waals surface area (Å²) < 4.78 is 0. The SMILES string of the molecule is CCC(CC)C(=O)N1CCCC(c2ccnc(-c3ccc(C)cc3)n2)C1. The van der Waals surface area contributed by atoms with Gasteiger partial charge in [-0.05, 0) is 38.7 Å². The molecule has 4 nitrogen and oxygen atoms in total. The molecule has 3 rings (SSSR count). The molecule has 138 valence electrons. The molecule has 1 aliphatic rings. The predicted molar refractivity (Wildman–Crippen MR) is 105 cm³/mol. The third-order valence-corrected chi connectivity index (χ3v) is 5.47. The van der Waals surface area contributed by atoms with Gasteiger partial charge < -0.3 is 4.90 Å². The van der Waals surface area contributed by atoms with Crippen LogP contribution in [0.5, 0.6) is 0 Å².